The molecule has 0 spiro atoms. The minimum absolute atomic E-state index is 0.0169. The van der Waals surface area contributed by atoms with Crippen LogP contribution in [0, 0.1) is 12.3 Å². The summed E-state index contributed by atoms with van der Waals surface area (Å²) in [6.07, 6.45) is 4.70. The molecular weight excluding hydrogens is 370 g/mol. The first-order valence-corrected chi connectivity index (χ1v) is 9.87. The molecule has 1 amide bonds. The summed E-state index contributed by atoms with van der Waals surface area (Å²) < 4.78 is 12.6. The van der Waals surface area contributed by atoms with Gasteiger partial charge in [-0.1, -0.05) is 13.0 Å². The maximum Gasteiger partial charge on any atom is 0.292 e. The van der Waals surface area contributed by atoms with Gasteiger partial charge in [0, 0.05) is 25.0 Å². The molecule has 1 aromatic carbocycles. The maximum atomic E-state index is 13.2. The Labute approximate surface area is 168 Å². The van der Waals surface area contributed by atoms with Crippen LogP contribution in [0.3, 0.4) is 0 Å². The number of nitrogens with zero attached hydrogens (tertiary/aromatic N) is 5. The second kappa shape index (κ2) is 6.72. The van der Waals surface area contributed by atoms with Gasteiger partial charge in [-0.15, -0.1) is 10.2 Å². The van der Waals surface area contributed by atoms with Crippen LogP contribution >= 0.6 is 0 Å². The first-order valence-electron chi connectivity index (χ1n) is 9.87. The molecule has 2 aromatic heterocycles. The quantitative estimate of drug-likeness (QED) is 0.680. The molecule has 1 fully saturated rings. The minimum atomic E-state index is -0.0974. The highest BCUT2D eigenvalue weighted by Crippen LogP contribution is 2.37. The van der Waals surface area contributed by atoms with E-state index >= 15 is 0 Å². The molecule has 4 heterocycles. The Morgan fingerprint density at radius 1 is 1.21 bits per heavy atom. The number of carbonyl (C=O) groups excluding carboxylic acids is 1. The van der Waals surface area contributed by atoms with Crippen molar-refractivity contribution in [3.05, 3.63) is 47.5 Å². The van der Waals surface area contributed by atoms with Gasteiger partial charge in [0.25, 0.3) is 11.7 Å². The first kappa shape index (κ1) is 17.9. The van der Waals surface area contributed by atoms with E-state index in [1.54, 1.807) is 10.6 Å². The van der Waals surface area contributed by atoms with Crippen molar-refractivity contribution in [2.45, 2.75) is 33.1 Å². The fourth-order valence-corrected chi connectivity index (χ4v) is 4.34. The molecule has 0 radical (unpaired) electrons. The molecule has 0 N–H and O–H groups in total. The van der Waals surface area contributed by atoms with E-state index in [9.17, 15) is 4.79 Å². The Morgan fingerprint density at radius 2 is 2.07 bits per heavy atom. The van der Waals surface area contributed by atoms with Crippen molar-refractivity contribution in [1.29, 1.82) is 0 Å². The zero-order valence-corrected chi connectivity index (χ0v) is 16.6. The molecule has 0 bridgehead atoms. The highest BCUT2D eigenvalue weighted by Gasteiger charge is 2.35. The van der Waals surface area contributed by atoms with Crippen LogP contribution in [0.4, 0.5) is 0 Å². The summed E-state index contributed by atoms with van der Waals surface area (Å²) in [5, 5.41) is 8.17. The largest absolute Gasteiger partial charge is 0.454 e. The summed E-state index contributed by atoms with van der Waals surface area (Å²) in [5.41, 5.74) is 2.02. The van der Waals surface area contributed by atoms with E-state index in [-0.39, 0.29) is 18.1 Å². The van der Waals surface area contributed by atoms with Crippen LogP contribution in [0.5, 0.6) is 11.5 Å². The molecule has 8 heteroatoms. The standard InChI is InChI=1S/C21H23N5O3/c1-14-6-9-26-18(23-24-20(26)22-14)19(27)25-8-3-7-21(2,12-25)11-15-4-5-16-17(10-15)29-13-28-16/h4-6,9-10H,3,7-8,11-13H2,1-2H3/t21-/m1/s1. The van der Waals surface area contributed by atoms with Crippen molar-refractivity contribution in [3.8, 4) is 11.5 Å². The summed E-state index contributed by atoms with van der Waals surface area (Å²) in [6, 6.07) is 7.95. The van der Waals surface area contributed by atoms with Crippen molar-refractivity contribution in [3.63, 3.8) is 0 Å². The molecule has 1 atom stereocenters. The van der Waals surface area contributed by atoms with Gasteiger partial charge in [0.2, 0.25) is 12.6 Å². The molecule has 5 rings (SSSR count). The molecule has 2 aliphatic heterocycles. The van der Waals surface area contributed by atoms with Gasteiger partial charge in [-0.25, -0.2) is 4.98 Å². The predicted molar refractivity (Wildman–Crippen MR) is 105 cm³/mol. The second-order valence-corrected chi connectivity index (χ2v) is 8.27. The maximum absolute atomic E-state index is 13.2. The molecule has 0 unspecified atom stereocenters. The topological polar surface area (TPSA) is 81.9 Å². The van der Waals surface area contributed by atoms with Crippen LogP contribution in [0.1, 0.15) is 41.6 Å². The van der Waals surface area contributed by atoms with Crippen molar-refractivity contribution >= 4 is 11.7 Å². The molecule has 2 aliphatic rings. The van der Waals surface area contributed by atoms with Crippen molar-refractivity contribution in [2.75, 3.05) is 19.9 Å². The van der Waals surface area contributed by atoms with Gasteiger partial charge in [0.1, 0.15) is 0 Å². The average Bonchev–Trinajstić information content (AvgIpc) is 3.33. The summed E-state index contributed by atoms with van der Waals surface area (Å²) >= 11 is 0. The number of amides is 1. The monoisotopic (exact) mass is 393 g/mol. The van der Waals surface area contributed by atoms with Gasteiger partial charge in [-0.05, 0) is 55.4 Å². The third kappa shape index (κ3) is 3.28. The lowest BCUT2D eigenvalue weighted by atomic mass is 9.77. The van der Waals surface area contributed by atoms with E-state index in [1.165, 1.54) is 5.56 Å². The van der Waals surface area contributed by atoms with Gasteiger partial charge in [0.05, 0.1) is 0 Å². The Morgan fingerprint density at radius 3 is 2.97 bits per heavy atom. The third-order valence-electron chi connectivity index (χ3n) is 5.75. The number of likely N-dealkylation sites (tertiary alicyclic amines) is 1. The zero-order valence-electron chi connectivity index (χ0n) is 16.6. The third-order valence-corrected chi connectivity index (χ3v) is 5.75. The molecular formula is C21H23N5O3. The number of rotatable bonds is 3. The lowest BCUT2D eigenvalue weighted by molar-refractivity contribution is 0.0537. The van der Waals surface area contributed by atoms with E-state index in [2.05, 4.69) is 28.2 Å². The molecule has 1 saturated heterocycles. The average molecular weight is 393 g/mol. The number of benzene rings is 1. The molecule has 0 aliphatic carbocycles. The fourth-order valence-electron chi connectivity index (χ4n) is 4.34. The van der Waals surface area contributed by atoms with E-state index < -0.39 is 0 Å². The van der Waals surface area contributed by atoms with Crippen molar-refractivity contribution in [2.24, 2.45) is 5.41 Å². The number of aromatic nitrogens is 4. The van der Waals surface area contributed by atoms with E-state index in [1.807, 2.05) is 30.0 Å². The summed E-state index contributed by atoms with van der Waals surface area (Å²) in [6.45, 7) is 5.81. The van der Waals surface area contributed by atoms with Gasteiger partial charge < -0.3 is 14.4 Å². The Hall–Kier alpha value is -3.16. The van der Waals surface area contributed by atoms with E-state index in [4.69, 9.17) is 9.47 Å². The highest BCUT2D eigenvalue weighted by molar-refractivity contribution is 5.91. The molecule has 29 heavy (non-hydrogen) atoms. The van der Waals surface area contributed by atoms with E-state index in [0.29, 0.717) is 18.1 Å². The Bertz CT molecular complexity index is 1100. The van der Waals surface area contributed by atoms with Crippen LogP contribution < -0.4 is 9.47 Å². The van der Waals surface area contributed by atoms with Crippen LogP contribution in [0.25, 0.3) is 5.78 Å². The van der Waals surface area contributed by atoms with E-state index in [0.717, 1.165) is 43.0 Å². The molecule has 150 valence electrons. The number of hydrogen-bond acceptors (Lipinski definition) is 6. The number of piperidine rings is 1. The first-order chi connectivity index (χ1) is 14.0. The summed E-state index contributed by atoms with van der Waals surface area (Å²) in [4.78, 5) is 19.4. The normalized spacial score (nSPS) is 21.0. The van der Waals surface area contributed by atoms with Crippen LogP contribution in [0.2, 0.25) is 0 Å². The van der Waals surface area contributed by atoms with Gasteiger partial charge >= 0.3 is 0 Å². The van der Waals surface area contributed by atoms with Crippen molar-refractivity contribution < 1.29 is 14.3 Å². The van der Waals surface area contributed by atoms with Crippen molar-refractivity contribution in [1.82, 2.24) is 24.5 Å². The SMILES string of the molecule is Cc1ccn2c(C(=O)N3CCC[C@](C)(Cc4ccc5c(c4)OCO5)C3)nnc2n1. The van der Waals surface area contributed by atoms with Gasteiger partial charge in [-0.3, -0.25) is 9.20 Å². The lowest BCUT2D eigenvalue weighted by Crippen LogP contribution is -2.46. The molecule has 8 nitrogen and oxygen atoms in total. The number of hydrogen-bond donors (Lipinski definition) is 0. The summed E-state index contributed by atoms with van der Waals surface area (Å²) in [7, 11) is 0. The lowest BCUT2D eigenvalue weighted by Gasteiger charge is -2.40. The predicted octanol–water partition coefficient (Wildman–Crippen LogP) is 2.65. The minimum Gasteiger partial charge on any atom is -0.454 e. The fraction of sp³-hybridized carbons (Fsp3) is 0.429. The number of fused-ring (bicyclic) bond motifs is 2. The number of ether oxygens (including phenoxy) is 2. The van der Waals surface area contributed by atoms with Crippen LogP contribution in [-0.2, 0) is 6.42 Å². The zero-order chi connectivity index (χ0) is 20.0. The molecule has 0 saturated carbocycles. The second-order valence-electron chi connectivity index (χ2n) is 8.27. The molecule has 3 aromatic rings. The summed E-state index contributed by atoms with van der Waals surface area (Å²) in [5.74, 6) is 2.27. The number of carbonyl (C=O) groups is 1. The smallest absolute Gasteiger partial charge is 0.292 e. The van der Waals surface area contributed by atoms with Crippen LogP contribution in [0.15, 0.2) is 30.5 Å². The Kier molecular flexibility index (Phi) is 4.15. The van der Waals surface area contributed by atoms with Gasteiger partial charge in [-0.2, -0.15) is 0 Å². The number of aryl methyl sites for hydroxylation is 1. The highest BCUT2D eigenvalue weighted by atomic mass is 16.7. The Balaban J connectivity index is 1.36. The van der Waals surface area contributed by atoms with Gasteiger partial charge in [0.15, 0.2) is 11.5 Å². The van der Waals surface area contributed by atoms with Crippen LogP contribution in [-0.4, -0.2) is 50.3 Å².